The highest BCUT2D eigenvalue weighted by Gasteiger charge is 2.28. The van der Waals surface area contributed by atoms with Crippen molar-refractivity contribution >= 4 is 17.2 Å². The molecule has 1 N–H and O–H groups in total. The molecule has 7 heteroatoms. The fourth-order valence-corrected chi connectivity index (χ4v) is 1.66. The van der Waals surface area contributed by atoms with Crippen molar-refractivity contribution in [2.75, 3.05) is 6.61 Å². The van der Waals surface area contributed by atoms with E-state index in [1.54, 1.807) is 23.2 Å². The van der Waals surface area contributed by atoms with Gasteiger partial charge in [0.25, 0.3) is 5.91 Å². The van der Waals surface area contributed by atoms with E-state index in [1.807, 2.05) is 0 Å². The number of hydrogen-bond acceptors (Lipinski definition) is 3. The maximum atomic E-state index is 11.7. The summed E-state index contributed by atoms with van der Waals surface area (Å²) in [6.45, 7) is 0.192. The number of hydrogen-bond donors (Lipinski definition) is 1. The van der Waals surface area contributed by atoms with E-state index in [9.17, 15) is 18.0 Å². The third-order valence-corrected chi connectivity index (χ3v) is 2.36. The molecule has 0 fully saturated rings. The Morgan fingerprint density at radius 1 is 1.53 bits per heavy atom. The molecular weight excluding hydrogens is 231 g/mol. The number of amides is 1. The number of halogens is 3. The van der Waals surface area contributed by atoms with Crippen LogP contribution in [-0.4, -0.2) is 18.7 Å². The zero-order valence-electron chi connectivity index (χ0n) is 7.72. The SMILES string of the molecule is Cc1cscc1C(=O)NOCC(F)(F)F. The van der Waals surface area contributed by atoms with Gasteiger partial charge in [-0.05, 0) is 17.9 Å². The number of alkyl halides is 3. The quantitative estimate of drug-likeness (QED) is 0.822. The zero-order chi connectivity index (χ0) is 11.5. The predicted octanol–water partition coefficient (Wildman–Crippen LogP) is 2.28. The van der Waals surface area contributed by atoms with Crippen molar-refractivity contribution < 1.29 is 22.8 Å². The van der Waals surface area contributed by atoms with Crippen LogP contribution in [0.4, 0.5) is 13.2 Å². The second kappa shape index (κ2) is 4.63. The second-order valence-corrected chi connectivity index (χ2v) is 3.55. The van der Waals surface area contributed by atoms with Crippen LogP contribution in [0, 0.1) is 6.92 Å². The Balaban J connectivity index is 2.41. The maximum absolute atomic E-state index is 11.7. The number of nitrogens with one attached hydrogen (secondary N) is 1. The average Bonchev–Trinajstić information content (AvgIpc) is 2.48. The molecule has 0 saturated carbocycles. The lowest BCUT2D eigenvalue weighted by atomic mass is 10.2. The third kappa shape index (κ3) is 3.88. The maximum Gasteiger partial charge on any atom is 0.414 e. The van der Waals surface area contributed by atoms with Gasteiger partial charge in [-0.25, -0.2) is 5.48 Å². The van der Waals surface area contributed by atoms with E-state index in [1.165, 1.54) is 11.3 Å². The van der Waals surface area contributed by atoms with E-state index >= 15 is 0 Å². The fraction of sp³-hybridized carbons (Fsp3) is 0.375. The highest BCUT2D eigenvalue weighted by molar-refractivity contribution is 7.08. The molecule has 0 atom stereocenters. The average molecular weight is 239 g/mol. The number of carbonyl (C=O) groups is 1. The molecule has 1 aromatic heterocycles. The third-order valence-electron chi connectivity index (χ3n) is 1.50. The first-order valence-corrected chi connectivity index (χ1v) is 4.86. The van der Waals surface area contributed by atoms with Crippen LogP contribution in [0.3, 0.4) is 0 Å². The molecule has 1 rings (SSSR count). The molecule has 0 radical (unpaired) electrons. The summed E-state index contributed by atoms with van der Waals surface area (Å²) in [7, 11) is 0. The van der Waals surface area contributed by atoms with Gasteiger partial charge in [0.2, 0.25) is 0 Å². The molecule has 1 heterocycles. The Morgan fingerprint density at radius 3 is 2.67 bits per heavy atom. The van der Waals surface area contributed by atoms with Crippen LogP contribution in [0.15, 0.2) is 10.8 Å². The van der Waals surface area contributed by atoms with Gasteiger partial charge in [-0.1, -0.05) is 0 Å². The minimum absolute atomic E-state index is 0.321. The lowest BCUT2D eigenvalue weighted by molar-refractivity contribution is -0.184. The summed E-state index contributed by atoms with van der Waals surface area (Å²) in [5.41, 5.74) is 2.75. The molecule has 0 saturated heterocycles. The van der Waals surface area contributed by atoms with Crippen molar-refractivity contribution in [2.45, 2.75) is 13.1 Å². The van der Waals surface area contributed by atoms with E-state index in [4.69, 9.17) is 0 Å². The Labute approximate surface area is 87.8 Å². The van der Waals surface area contributed by atoms with Crippen LogP contribution in [-0.2, 0) is 4.84 Å². The summed E-state index contributed by atoms with van der Waals surface area (Å²) in [5.74, 6) is -0.669. The highest BCUT2D eigenvalue weighted by atomic mass is 32.1. The van der Waals surface area contributed by atoms with Gasteiger partial charge in [0.05, 0.1) is 5.56 Å². The minimum atomic E-state index is -4.45. The van der Waals surface area contributed by atoms with Gasteiger partial charge < -0.3 is 0 Å². The van der Waals surface area contributed by atoms with Crippen LogP contribution in [0.25, 0.3) is 0 Å². The molecule has 0 spiro atoms. The number of hydroxylamine groups is 1. The summed E-state index contributed by atoms with van der Waals surface area (Å²) in [5, 5.41) is 3.26. The van der Waals surface area contributed by atoms with Crippen molar-refractivity contribution in [3.63, 3.8) is 0 Å². The Hall–Kier alpha value is -1.08. The summed E-state index contributed by atoms with van der Waals surface area (Å²) >= 11 is 1.29. The highest BCUT2D eigenvalue weighted by Crippen LogP contribution is 2.15. The number of aryl methyl sites for hydroxylation is 1. The Kier molecular flexibility index (Phi) is 3.70. The number of thiophene rings is 1. The molecule has 1 amide bonds. The standard InChI is InChI=1S/C8H8F3NO2S/c1-5-2-15-3-6(5)7(13)12-14-4-8(9,10)11/h2-3H,4H2,1H3,(H,12,13). The van der Waals surface area contributed by atoms with Crippen molar-refractivity contribution in [1.82, 2.24) is 5.48 Å². The van der Waals surface area contributed by atoms with E-state index in [2.05, 4.69) is 4.84 Å². The van der Waals surface area contributed by atoms with E-state index in [-0.39, 0.29) is 0 Å². The van der Waals surface area contributed by atoms with Gasteiger partial charge in [0.1, 0.15) is 0 Å². The molecule has 0 bridgehead atoms. The summed E-state index contributed by atoms with van der Waals surface area (Å²) in [6, 6.07) is 0. The van der Waals surface area contributed by atoms with Gasteiger partial charge >= 0.3 is 6.18 Å². The number of rotatable bonds is 3. The first kappa shape index (κ1) is 12.0. The molecule has 0 aliphatic rings. The van der Waals surface area contributed by atoms with E-state index < -0.39 is 18.7 Å². The van der Waals surface area contributed by atoms with Gasteiger partial charge in [-0.15, -0.1) is 0 Å². The van der Waals surface area contributed by atoms with Crippen LogP contribution < -0.4 is 5.48 Å². The molecule has 84 valence electrons. The van der Waals surface area contributed by atoms with Crippen LogP contribution >= 0.6 is 11.3 Å². The topological polar surface area (TPSA) is 38.3 Å². The minimum Gasteiger partial charge on any atom is -0.267 e. The smallest absolute Gasteiger partial charge is 0.267 e. The molecule has 0 aromatic carbocycles. The lowest BCUT2D eigenvalue weighted by Crippen LogP contribution is -2.29. The summed E-state index contributed by atoms with van der Waals surface area (Å²) in [4.78, 5) is 15.2. The predicted molar refractivity (Wildman–Crippen MR) is 48.5 cm³/mol. The van der Waals surface area contributed by atoms with Crippen molar-refractivity contribution in [2.24, 2.45) is 0 Å². The van der Waals surface area contributed by atoms with Crippen LogP contribution in [0.1, 0.15) is 15.9 Å². The summed E-state index contributed by atoms with van der Waals surface area (Å²) < 4.78 is 35.0. The zero-order valence-corrected chi connectivity index (χ0v) is 8.54. The molecule has 15 heavy (non-hydrogen) atoms. The molecule has 0 aliphatic carbocycles. The van der Waals surface area contributed by atoms with Crippen LogP contribution in [0.5, 0.6) is 0 Å². The monoisotopic (exact) mass is 239 g/mol. The number of carbonyl (C=O) groups excluding carboxylic acids is 1. The fourth-order valence-electron chi connectivity index (χ4n) is 0.832. The first-order chi connectivity index (χ1) is 6.90. The summed E-state index contributed by atoms with van der Waals surface area (Å²) in [6.07, 6.45) is -4.45. The van der Waals surface area contributed by atoms with Gasteiger partial charge in [-0.2, -0.15) is 24.5 Å². The largest absolute Gasteiger partial charge is 0.414 e. The van der Waals surface area contributed by atoms with Gasteiger partial charge in [0.15, 0.2) is 6.61 Å². The van der Waals surface area contributed by atoms with Gasteiger partial charge in [-0.3, -0.25) is 9.63 Å². The molecule has 3 nitrogen and oxygen atoms in total. The van der Waals surface area contributed by atoms with Crippen molar-refractivity contribution in [1.29, 1.82) is 0 Å². The van der Waals surface area contributed by atoms with Crippen molar-refractivity contribution in [3.05, 3.63) is 21.9 Å². The lowest BCUT2D eigenvalue weighted by Gasteiger charge is -2.07. The first-order valence-electron chi connectivity index (χ1n) is 3.92. The van der Waals surface area contributed by atoms with E-state index in [0.717, 1.165) is 0 Å². The second-order valence-electron chi connectivity index (χ2n) is 2.80. The Morgan fingerprint density at radius 2 is 2.20 bits per heavy atom. The molecule has 0 unspecified atom stereocenters. The van der Waals surface area contributed by atoms with Crippen LogP contribution in [0.2, 0.25) is 0 Å². The normalized spacial score (nSPS) is 11.5. The van der Waals surface area contributed by atoms with Crippen molar-refractivity contribution in [3.8, 4) is 0 Å². The Bertz CT molecular complexity index is 348. The molecule has 0 aliphatic heterocycles. The van der Waals surface area contributed by atoms with E-state index in [0.29, 0.717) is 11.1 Å². The van der Waals surface area contributed by atoms with Gasteiger partial charge in [0, 0.05) is 5.38 Å². The molecule has 1 aromatic rings. The molecular formula is C8H8F3NO2S.